The van der Waals surface area contributed by atoms with Crippen molar-refractivity contribution >= 4 is 28.6 Å². The number of nitrogens with zero attached hydrogens (tertiary/aromatic N) is 4. The van der Waals surface area contributed by atoms with Crippen LogP contribution in [0.4, 0.5) is 0 Å². The van der Waals surface area contributed by atoms with Crippen LogP contribution < -0.4 is 4.74 Å². The lowest BCUT2D eigenvalue weighted by atomic mass is 10.1. The van der Waals surface area contributed by atoms with Gasteiger partial charge in [-0.05, 0) is 30.7 Å². The van der Waals surface area contributed by atoms with Gasteiger partial charge in [0, 0.05) is 12.6 Å². The zero-order valence-electron chi connectivity index (χ0n) is 13.8. The van der Waals surface area contributed by atoms with E-state index in [2.05, 4.69) is 15.1 Å². The van der Waals surface area contributed by atoms with Gasteiger partial charge in [0.25, 0.3) is 0 Å². The first-order valence-corrected chi connectivity index (χ1v) is 8.49. The Labute approximate surface area is 144 Å². The van der Waals surface area contributed by atoms with Crippen LogP contribution in [0.15, 0.2) is 41.8 Å². The smallest absolute Gasteiger partial charge is 0.176 e. The molecule has 0 radical (unpaired) electrons. The van der Waals surface area contributed by atoms with Crippen LogP contribution in [0.1, 0.15) is 23.7 Å². The highest BCUT2D eigenvalue weighted by atomic mass is 32.2. The lowest BCUT2D eigenvalue weighted by molar-refractivity contribution is 0.0988. The fourth-order valence-electron chi connectivity index (χ4n) is 2.43. The zero-order chi connectivity index (χ0) is 17.1. The Balaban J connectivity index is 1.86. The van der Waals surface area contributed by atoms with E-state index in [1.807, 2.05) is 14.0 Å². The van der Waals surface area contributed by atoms with Crippen LogP contribution in [-0.4, -0.2) is 37.9 Å². The SMILES string of the molecule is CC[C@H](Sc1ncnc2c1cnn2C)C(=O)c1ccc(OC)cc1. The normalized spacial score (nSPS) is 12.3. The predicted octanol–water partition coefficient (Wildman–Crippen LogP) is 3.13. The standard InChI is InChI=1S/C17H18N4O2S/c1-4-14(15(22)11-5-7-12(23-3)8-6-11)24-17-13-9-20-21(2)16(13)18-10-19-17/h5-10,14H,4H2,1-3H3/t14-/m0/s1. The van der Waals surface area contributed by atoms with Crippen molar-refractivity contribution in [3.63, 3.8) is 0 Å². The number of Topliss-reactive ketones (excluding diaryl/α,β-unsaturated/α-hetero) is 1. The number of ketones is 1. The van der Waals surface area contributed by atoms with Crippen LogP contribution in [0.25, 0.3) is 11.0 Å². The molecule has 7 heteroatoms. The van der Waals surface area contributed by atoms with Gasteiger partial charge in [-0.1, -0.05) is 18.7 Å². The summed E-state index contributed by atoms with van der Waals surface area (Å²) in [5.74, 6) is 0.820. The van der Waals surface area contributed by atoms with Crippen molar-refractivity contribution in [1.82, 2.24) is 19.7 Å². The van der Waals surface area contributed by atoms with Crippen LogP contribution in [0.3, 0.4) is 0 Å². The molecule has 1 aromatic carbocycles. The number of hydrogen-bond donors (Lipinski definition) is 0. The monoisotopic (exact) mass is 342 g/mol. The van der Waals surface area contributed by atoms with Crippen LogP contribution in [-0.2, 0) is 7.05 Å². The maximum Gasteiger partial charge on any atom is 0.176 e. The van der Waals surface area contributed by atoms with Gasteiger partial charge < -0.3 is 4.74 Å². The topological polar surface area (TPSA) is 69.9 Å². The summed E-state index contributed by atoms with van der Waals surface area (Å²) < 4.78 is 6.84. The zero-order valence-corrected chi connectivity index (χ0v) is 14.6. The Kier molecular flexibility index (Phi) is 4.80. The number of fused-ring (bicyclic) bond motifs is 1. The third kappa shape index (κ3) is 3.12. The first-order chi connectivity index (χ1) is 11.6. The lowest BCUT2D eigenvalue weighted by Crippen LogP contribution is -2.16. The predicted molar refractivity (Wildman–Crippen MR) is 93.6 cm³/mol. The molecule has 2 aromatic heterocycles. The number of aryl methyl sites for hydroxylation is 1. The summed E-state index contributed by atoms with van der Waals surface area (Å²) in [5, 5.41) is 5.65. The Morgan fingerprint density at radius 2 is 2.04 bits per heavy atom. The maximum atomic E-state index is 12.8. The maximum absolute atomic E-state index is 12.8. The minimum atomic E-state index is -0.211. The summed E-state index contributed by atoms with van der Waals surface area (Å²) in [6.07, 6.45) is 3.96. The lowest BCUT2D eigenvalue weighted by Gasteiger charge is -2.13. The summed E-state index contributed by atoms with van der Waals surface area (Å²) in [5.41, 5.74) is 1.44. The second kappa shape index (κ2) is 7.00. The van der Waals surface area contributed by atoms with Gasteiger partial charge in [0.15, 0.2) is 11.4 Å². The molecule has 0 amide bonds. The summed E-state index contributed by atoms with van der Waals surface area (Å²) in [7, 11) is 3.44. The molecule has 0 bridgehead atoms. The van der Waals surface area contributed by atoms with Gasteiger partial charge in [0.1, 0.15) is 17.1 Å². The highest BCUT2D eigenvalue weighted by molar-refractivity contribution is 8.00. The van der Waals surface area contributed by atoms with Crippen LogP contribution in [0.2, 0.25) is 0 Å². The quantitative estimate of drug-likeness (QED) is 0.389. The van der Waals surface area contributed by atoms with E-state index in [1.165, 1.54) is 18.1 Å². The molecule has 0 saturated heterocycles. The van der Waals surface area contributed by atoms with E-state index >= 15 is 0 Å². The number of thioether (sulfide) groups is 1. The van der Waals surface area contributed by atoms with Crippen molar-refractivity contribution in [2.45, 2.75) is 23.6 Å². The summed E-state index contributed by atoms with van der Waals surface area (Å²) in [4.78, 5) is 21.4. The van der Waals surface area contributed by atoms with Gasteiger partial charge in [-0.25, -0.2) is 9.97 Å². The minimum absolute atomic E-state index is 0.0841. The molecule has 0 aliphatic rings. The summed E-state index contributed by atoms with van der Waals surface area (Å²) >= 11 is 1.46. The van der Waals surface area contributed by atoms with Crippen molar-refractivity contribution in [2.24, 2.45) is 7.05 Å². The number of benzene rings is 1. The van der Waals surface area contributed by atoms with Crippen molar-refractivity contribution in [2.75, 3.05) is 7.11 Å². The molecule has 0 spiro atoms. The first-order valence-electron chi connectivity index (χ1n) is 7.61. The van der Waals surface area contributed by atoms with Gasteiger partial charge in [0.2, 0.25) is 0 Å². The molecule has 6 nitrogen and oxygen atoms in total. The highest BCUT2D eigenvalue weighted by Crippen LogP contribution is 2.31. The molecule has 0 N–H and O–H groups in total. The fourth-order valence-corrected chi connectivity index (χ4v) is 3.49. The van der Waals surface area contributed by atoms with Gasteiger partial charge >= 0.3 is 0 Å². The molecule has 24 heavy (non-hydrogen) atoms. The second-order valence-corrected chi connectivity index (χ2v) is 6.48. The van der Waals surface area contributed by atoms with Crippen LogP contribution in [0, 0.1) is 0 Å². The van der Waals surface area contributed by atoms with E-state index in [1.54, 1.807) is 42.3 Å². The number of methoxy groups -OCH3 is 1. The molecule has 3 rings (SSSR count). The molecule has 3 aromatic rings. The Morgan fingerprint density at radius 3 is 2.71 bits per heavy atom. The average Bonchev–Trinajstić information content (AvgIpc) is 3.01. The average molecular weight is 342 g/mol. The Hall–Kier alpha value is -2.41. The van der Waals surface area contributed by atoms with Gasteiger partial charge in [-0.3, -0.25) is 9.48 Å². The van der Waals surface area contributed by atoms with Gasteiger partial charge in [0.05, 0.1) is 23.9 Å². The molecule has 1 atom stereocenters. The van der Waals surface area contributed by atoms with Crippen molar-refractivity contribution in [1.29, 1.82) is 0 Å². The van der Waals surface area contributed by atoms with Gasteiger partial charge in [-0.15, -0.1) is 0 Å². The van der Waals surface area contributed by atoms with Crippen molar-refractivity contribution in [3.8, 4) is 5.75 Å². The van der Waals surface area contributed by atoms with E-state index in [9.17, 15) is 4.79 Å². The summed E-state index contributed by atoms with van der Waals surface area (Å²) in [6, 6.07) is 7.19. The number of rotatable bonds is 6. The number of aromatic nitrogens is 4. The third-order valence-electron chi connectivity index (χ3n) is 3.78. The molecule has 124 valence electrons. The fraction of sp³-hybridized carbons (Fsp3) is 0.294. The minimum Gasteiger partial charge on any atom is -0.497 e. The highest BCUT2D eigenvalue weighted by Gasteiger charge is 2.22. The van der Waals surface area contributed by atoms with Crippen molar-refractivity contribution in [3.05, 3.63) is 42.4 Å². The largest absolute Gasteiger partial charge is 0.497 e. The molecule has 0 aliphatic heterocycles. The molecular weight excluding hydrogens is 324 g/mol. The second-order valence-electron chi connectivity index (χ2n) is 5.29. The van der Waals surface area contributed by atoms with Crippen molar-refractivity contribution < 1.29 is 9.53 Å². The van der Waals surface area contributed by atoms with E-state index < -0.39 is 0 Å². The molecular formula is C17H18N4O2S. The number of ether oxygens (including phenoxy) is 1. The molecule has 0 aliphatic carbocycles. The molecule has 0 fully saturated rings. The van der Waals surface area contributed by atoms with E-state index in [-0.39, 0.29) is 11.0 Å². The van der Waals surface area contributed by atoms with E-state index in [4.69, 9.17) is 4.74 Å². The molecule has 0 unspecified atom stereocenters. The van der Waals surface area contributed by atoms with E-state index in [0.717, 1.165) is 21.8 Å². The number of carbonyl (C=O) groups excluding carboxylic acids is 1. The van der Waals surface area contributed by atoms with Gasteiger partial charge in [-0.2, -0.15) is 5.10 Å². The van der Waals surface area contributed by atoms with Crippen LogP contribution in [0.5, 0.6) is 5.75 Å². The number of hydrogen-bond acceptors (Lipinski definition) is 6. The van der Waals surface area contributed by atoms with E-state index in [0.29, 0.717) is 12.0 Å². The Morgan fingerprint density at radius 1 is 1.29 bits per heavy atom. The molecule has 0 saturated carbocycles. The third-order valence-corrected chi connectivity index (χ3v) is 5.17. The van der Waals surface area contributed by atoms with Crippen LogP contribution >= 0.6 is 11.8 Å². The first kappa shape index (κ1) is 16.4. The Bertz CT molecular complexity index is 861. The molecule has 2 heterocycles. The summed E-state index contributed by atoms with van der Waals surface area (Å²) in [6.45, 7) is 2.00. The number of carbonyl (C=O) groups is 1.